The van der Waals surface area contributed by atoms with Crippen molar-refractivity contribution in [2.75, 3.05) is 13.3 Å². The van der Waals surface area contributed by atoms with Gasteiger partial charge in [0.25, 0.3) is 0 Å². The maximum absolute atomic E-state index is 5.39. The van der Waals surface area contributed by atoms with Crippen molar-refractivity contribution in [3.05, 3.63) is 23.8 Å². The van der Waals surface area contributed by atoms with Crippen LogP contribution in [0.1, 0.15) is 38.2 Å². The van der Waals surface area contributed by atoms with Gasteiger partial charge >= 0.3 is 0 Å². The summed E-state index contributed by atoms with van der Waals surface area (Å²) in [5, 5.41) is 3.58. The van der Waals surface area contributed by atoms with Gasteiger partial charge in [0.2, 0.25) is 6.79 Å². The molecule has 98 valence electrons. The summed E-state index contributed by atoms with van der Waals surface area (Å²) >= 11 is 0. The Morgan fingerprint density at radius 3 is 2.83 bits per heavy atom. The summed E-state index contributed by atoms with van der Waals surface area (Å²) in [5.74, 6) is 1.74. The van der Waals surface area contributed by atoms with Crippen molar-refractivity contribution in [3.8, 4) is 11.5 Å². The van der Waals surface area contributed by atoms with E-state index in [0.717, 1.165) is 24.6 Å². The molecule has 1 N–H and O–H groups in total. The van der Waals surface area contributed by atoms with Gasteiger partial charge in [0, 0.05) is 13.1 Å². The molecular formula is C15H21NO2. The van der Waals surface area contributed by atoms with Crippen molar-refractivity contribution in [3.63, 3.8) is 0 Å². The Morgan fingerprint density at radius 2 is 2.06 bits per heavy atom. The van der Waals surface area contributed by atoms with E-state index in [1.165, 1.54) is 31.2 Å². The van der Waals surface area contributed by atoms with E-state index in [1.807, 2.05) is 6.07 Å². The molecule has 1 aromatic rings. The second-order valence-corrected chi connectivity index (χ2v) is 5.54. The predicted molar refractivity (Wildman–Crippen MR) is 70.8 cm³/mol. The maximum Gasteiger partial charge on any atom is 0.231 e. The molecule has 0 unspecified atom stereocenters. The van der Waals surface area contributed by atoms with E-state index < -0.39 is 0 Å². The predicted octanol–water partition coefficient (Wildman–Crippen LogP) is 3.09. The summed E-state index contributed by atoms with van der Waals surface area (Å²) in [6.07, 6.45) is 5.46. The van der Waals surface area contributed by atoms with Crippen LogP contribution in [0.4, 0.5) is 0 Å². The van der Waals surface area contributed by atoms with Gasteiger partial charge in [-0.1, -0.05) is 19.4 Å². The lowest BCUT2D eigenvalue weighted by molar-refractivity contribution is 0.174. The number of rotatable bonds is 6. The van der Waals surface area contributed by atoms with Crippen LogP contribution < -0.4 is 14.8 Å². The van der Waals surface area contributed by atoms with E-state index in [2.05, 4.69) is 24.4 Å². The SMILES string of the molecule is CCCC1(CNCc2ccc3c(c2)OCO3)CC1. The largest absolute Gasteiger partial charge is 0.454 e. The minimum Gasteiger partial charge on any atom is -0.454 e. The fraction of sp³-hybridized carbons (Fsp3) is 0.600. The molecule has 3 nitrogen and oxygen atoms in total. The number of fused-ring (bicyclic) bond motifs is 1. The van der Waals surface area contributed by atoms with Crippen LogP contribution in [-0.2, 0) is 6.54 Å². The Morgan fingerprint density at radius 1 is 1.22 bits per heavy atom. The topological polar surface area (TPSA) is 30.5 Å². The smallest absolute Gasteiger partial charge is 0.231 e. The molecule has 18 heavy (non-hydrogen) atoms. The third-order valence-corrected chi connectivity index (χ3v) is 4.00. The molecule has 1 heterocycles. The lowest BCUT2D eigenvalue weighted by atomic mass is 10.0. The van der Waals surface area contributed by atoms with Crippen molar-refractivity contribution in [1.82, 2.24) is 5.32 Å². The zero-order chi connectivity index (χ0) is 12.4. The number of ether oxygens (including phenoxy) is 2. The van der Waals surface area contributed by atoms with Gasteiger partial charge < -0.3 is 14.8 Å². The van der Waals surface area contributed by atoms with Crippen LogP contribution >= 0.6 is 0 Å². The van der Waals surface area contributed by atoms with E-state index >= 15 is 0 Å². The molecule has 2 aliphatic rings. The summed E-state index contributed by atoms with van der Waals surface area (Å²) < 4.78 is 10.7. The number of hydrogen-bond donors (Lipinski definition) is 1. The van der Waals surface area contributed by atoms with Crippen LogP contribution in [0.3, 0.4) is 0 Å². The zero-order valence-corrected chi connectivity index (χ0v) is 11.0. The van der Waals surface area contributed by atoms with Crippen molar-refractivity contribution < 1.29 is 9.47 Å². The maximum atomic E-state index is 5.39. The van der Waals surface area contributed by atoms with E-state index in [0.29, 0.717) is 12.2 Å². The molecule has 0 radical (unpaired) electrons. The fourth-order valence-corrected chi connectivity index (χ4v) is 2.75. The molecular weight excluding hydrogens is 226 g/mol. The quantitative estimate of drug-likeness (QED) is 0.838. The fourth-order valence-electron chi connectivity index (χ4n) is 2.75. The van der Waals surface area contributed by atoms with Gasteiger partial charge in [0.1, 0.15) is 0 Å². The third kappa shape index (κ3) is 2.46. The summed E-state index contributed by atoms with van der Waals surface area (Å²) in [6.45, 7) is 4.70. The Labute approximate surface area is 108 Å². The van der Waals surface area contributed by atoms with E-state index in [-0.39, 0.29) is 0 Å². The molecule has 1 aliphatic heterocycles. The number of hydrogen-bond acceptors (Lipinski definition) is 3. The van der Waals surface area contributed by atoms with Crippen molar-refractivity contribution in [2.24, 2.45) is 5.41 Å². The Kier molecular flexibility index (Phi) is 3.16. The molecule has 3 rings (SSSR count). The minimum absolute atomic E-state index is 0.353. The van der Waals surface area contributed by atoms with Gasteiger partial charge in [-0.15, -0.1) is 0 Å². The van der Waals surface area contributed by atoms with E-state index in [1.54, 1.807) is 0 Å². The summed E-state index contributed by atoms with van der Waals surface area (Å²) in [7, 11) is 0. The minimum atomic E-state index is 0.353. The van der Waals surface area contributed by atoms with E-state index in [9.17, 15) is 0 Å². The third-order valence-electron chi connectivity index (χ3n) is 4.00. The first kappa shape index (κ1) is 11.8. The molecule has 0 aromatic heterocycles. The van der Waals surface area contributed by atoms with Crippen LogP contribution in [0.2, 0.25) is 0 Å². The number of nitrogens with one attached hydrogen (secondary N) is 1. The second-order valence-electron chi connectivity index (χ2n) is 5.54. The van der Waals surface area contributed by atoms with Crippen LogP contribution in [0, 0.1) is 5.41 Å². The molecule has 1 aromatic carbocycles. The number of benzene rings is 1. The highest BCUT2D eigenvalue weighted by Gasteiger charge is 2.40. The van der Waals surface area contributed by atoms with Gasteiger partial charge in [-0.05, 0) is 42.4 Å². The van der Waals surface area contributed by atoms with Gasteiger partial charge in [0.15, 0.2) is 11.5 Å². The zero-order valence-electron chi connectivity index (χ0n) is 11.0. The van der Waals surface area contributed by atoms with Crippen LogP contribution in [-0.4, -0.2) is 13.3 Å². The lowest BCUT2D eigenvalue weighted by Crippen LogP contribution is -2.23. The molecule has 1 fully saturated rings. The molecule has 1 aliphatic carbocycles. The molecule has 0 amide bonds. The van der Waals surface area contributed by atoms with E-state index in [4.69, 9.17) is 9.47 Å². The van der Waals surface area contributed by atoms with Crippen LogP contribution in [0.5, 0.6) is 11.5 Å². The second kappa shape index (κ2) is 4.81. The highest BCUT2D eigenvalue weighted by Crippen LogP contribution is 2.48. The lowest BCUT2D eigenvalue weighted by Gasteiger charge is -2.15. The Bertz CT molecular complexity index is 427. The van der Waals surface area contributed by atoms with Crippen molar-refractivity contribution in [1.29, 1.82) is 0 Å². The Balaban J connectivity index is 1.51. The Hall–Kier alpha value is -1.22. The van der Waals surface area contributed by atoms with Crippen LogP contribution in [0.25, 0.3) is 0 Å². The van der Waals surface area contributed by atoms with Gasteiger partial charge in [0.05, 0.1) is 0 Å². The first-order chi connectivity index (χ1) is 8.81. The molecule has 1 saturated carbocycles. The average molecular weight is 247 g/mol. The molecule has 0 atom stereocenters. The highest BCUT2D eigenvalue weighted by molar-refractivity contribution is 5.44. The van der Waals surface area contributed by atoms with Crippen molar-refractivity contribution >= 4 is 0 Å². The van der Waals surface area contributed by atoms with Crippen LogP contribution in [0.15, 0.2) is 18.2 Å². The summed E-state index contributed by atoms with van der Waals surface area (Å²) in [5.41, 5.74) is 1.89. The standard InChI is InChI=1S/C15H21NO2/c1-2-5-15(6-7-15)10-16-9-12-3-4-13-14(8-12)18-11-17-13/h3-4,8,16H,2,5-7,9-11H2,1H3. The van der Waals surface area contributed by atoms with Gasteiger partial charge in [-0.2, -0.15) is 0 Å². The first-order valence-corrected chi connectivity index (χ1v) is 6.91. The molecule has 0 spiro atoms. The highest BCUT2D eigenvalue weighted by atomic mass is 16.7. The molecule has 3 heteroatoms. The molecule has 0 saturated heterocycles. The first-order valence-electron chi connectivity index (χ1n) is 6.91. The van der Waals surface area contributed by atoms with Gasteiger partial charge in [-0.3, -0.25) is 0 Å². The molecule has 0 bridgehead atoms. The van der Waals surface area contributed by atoms with Gasteiger partial charge in [-0.25, -0.2) is 0 Å². The summed E-state index contributed by atoms with van der Waals surface area (Å²) in [6, 6.07) is 6.19. The average Bonchev–Trinajstić information content (AvgIpc) is 2.97. The normalized spacial score (nSPS) is 18.9. The van der Waals surface area contributed by atoms with Crippen molar-refractivity contribution in [2.45, 2.75) is 39.2 Å². The summed E-state index contributed by atoms with van der Waals surface area (Å²) in [4.78, 5) is 0. The monoisotopic (exact) mass is 247 g/mol.